The Kier molecular flexibility index (Phi) is 9.03. The van der Waals surface area contributed by atoms with Gasteiger partial charge in [-0.25, -0.2) is 0 Å². The molecule has 40 heavy (non-hydrogen) atoms. The van der Waals surface area contributed by atoms with E-state index in [1.165, 1.54) is 19.2 Å². The van der Waals surface area contributed by atoms with Crippen LogP contribution in [-0.4, -0.2) is 36.3 Å². The van der Waals surface area contributed by atoms with Gasteiger partial charge in [0.25, 0.3) is 0 Å². The van der Waals surface area contributed by atoms with E-state index >= 15 is 0 Å². The van der Waals surface area contributed by atoms with Gasteiger partial charge in [-0.3, -0.25) is 24.5 Å². The molecular formula is C30H26N2O8. The highest BCUT2D eigenvalue weighted by Crippen LogP contribution is 2.28. The number of Topliss-reactive ketones (excluding diaryl/α,β-unsaturated/α-hetero) is 1. The van der Waals surface area contributed by atoms with E-state index in [0.29, 0.717) is 17.2 Å². The standard InChI is InChI=1S/C30H26N2O8/c1-38-28-16-10-22(18-26(28)32(36)37)27(33)19-39-30(35)8-4-7-29(34)31-23-11-14-24(15-12-23)40-25-13-9-20-5-2-3-6-21(20)17-25/h2-3,5-6,9-18H,4,7-8,19H2,1H3,(H,31,34). The number of methoxy groups -OCH3 is 1. The molecule has 1 amide bonds. The van der Waals surface area contributed by atoms with Crippen molar-refractivity contribution in [2.24, 2.45) is 0 Å². The highest BCUT2D eigenvalue weighted by atomic mass is 16.6. The van der Waals surface area contributed by atoms with Crippen LogP contribution in [0.1, 0.15) is 29.6 Å². The summed E-state index contributed by atoms with van der Waals surface area (Å²) in [6, 6.07) is 24.5. The SMILES string of the molecule is COc1ccc(C(=O)COC(=O)CCCC(=O)Nc2ccc(Oc3ccc4ccccc4c3)cc2)cc1[N+](=O)[O-]. The molecule has 0 saturated carbocycles. The maximum Gasteiger partial charge on any atom is 0.311 e. The number of fused-ring (bicyclic) bond motifs is 1. The molecule has 0 aliphatic heterocycles. The normalized spacial score (nSPS) is 10.5. The zero-order valence-corrected chi connectivity index (χ0v) is 21.6. The molecule has 0 spiro atoms. The van der Waals surface area contributed by atoms with Crippen LogP contribution in [0.15, 0.2) is 84.9 Å². The molecule has 204 valence electrons. The number of nitrogens with one attached hydrogen (secondary N) is 1. The van der Waals surface area contributed by atoms with Crippen molar-refractivity contribution in [2.75, 3.05) is 19.0 Å². The number of anilines is 1. The quantitative estimate of drug-likeness (QED) is 0.0985. The number of nitro groups is 1. The zero-order chi connectivity index (χ0) is 28.5. The summed E-state index contributed by atoms with van der Waals surface area (Å²) in [6.45, 7) is -0.567. The van der Waals surface area contributed by atoms with Crippen LogP contribution in [0, 0.1) is 10.1 Å². The maximum absolute atomic E-state index is 12.3. The molecule has 0 bridgehead atoms. The first-order chi connectivity index (χ1) is 19.3. The Morgan fingerprint density at radius 1 is 0.850 bits per heavy atom. The molecule has 4 aromatic carbocycles. The highest BCUT2D eigenvalue weighted by Gasteiger charge is 2.19. The number of hydrogen-bond donors (Lipinski definition) is 1. The smallest absolute Gasteiger partial charge is 0.311 e. The van der Waals surface area contributed by atoms with Crippen molar-refractivity contribution in [1.82, 2.24) is 0 Å². The van der Waals surface area contributed by atoms with Gasteiger partial charge in [-0.15, -0.1) is 0 Å². The number of carbonyl (C=O) groups excluding carboxylic acids is 3. The second kappa shape index (κ2) is 13.0. The molecule has 4 aromatic rings. The van der Waals surface area contributed by atoms with E-state index in [1.807, 2.05) is 42.5 Å². The van der Waals surface area contributed by atoms with E-state index in [2.05, 4.69) is 5.32 Å². The Morgan fingerprint density at radius 2 is 1.57 bits per heavy atom. The fourth-order valence-electron chi connectivity index (χ4n) is 3.90. The molecule has 10 heteroatoms. The second-order valence-corrected chi connectivity index (χ2v) is 8.76. The van der Waals surface area contributed by atoms with Crippen molar-refractivity contribution in [3.63, 3.8) is 0 Å². The highest BCUT2D eigenvalue weighted by molar-refractivity contribution is 5.98. The van der Waals surface area contributed by atoms with Crippen molar-refractivity contribution in [3.05, 3.63) is 101 Å². The Balaban J connectivity index is 1.18. The predicted octanol–water partition coefficient (Wildman–Crippen LogP) is 6.08. The van der Waals surface area contributed by atoms with Crippen LogP contribution in [0.2, 0.25) is 0 Å². The van der Waals surface area contributed by atoms with E-state index in [-0.39, 0.29) is 42.2 Å². The third kappa shape index (κ3) is 7.41. The van der Waals surface area contributed by atoms with Gasteiger partial charge in [0.05, 0.1) is 12.0 Å². The van der Waals surface area contributed by atoms with Crippen LogP contribution in [0.3, 0.4) is 0 Å². The van der Waals surface area contributed by atoms with Crippen LogP contribution < -0.4 is 14.8 Å². The summed E-state index contributed by atoms with van der Waals surface area (Å²) in [4.78, 5) is 47.0. The van der Waals surface area contributed by atoms with Crippen LogP contribution in [0.5, 0.6) is 17.2 Å². The molecule has 0 atom stereocenters. The largest absolute Gasteiger partial charge is 0.490 e. The van der Waals surface area contributed by atoms with E-state index in [1.54, 1.807) is 24.3 Å². The lowest BCUT2D eigenvalue weighted by molar-refractivity contribution is -0.385. The predicted molar refractivity (Wildman–Crippen MR) is 148 cm³/mol. The second-order valence-electron chi connectivity index (χ2n) is 8.76. The van der Waals surface area contributed by atoms with Gasteiger partial charge in [0.2, 0.25) is 11.7 Å². The fraction of sp³-hybridized carbons (Fsp3) is 0.167. The van der Waals surface area contributed by atoms with E-state index in [0.717, 1.165) is 16.8 Å². The summed E-state index contributed by atoms with van der Waals surface area (Å²) < 4.78 is 15.8. The Hall–Kier alpha value is -5.25. The Labute approximate surface area is 229 Å². The van der Waals surface area contributed by atoms with Gasteiger partial charge >= 0.3 is 11.7 Å². The molecule has 10 nitrogen and oxygen atoms in total. The molecule has 0 unspecified atom stereocenters. The van der Waals surface area contributed by atoms with Crippen LogP contribution in [0.25, 0.3) is 10.8 Å². The molecule has 0 radical (unpaired) electrons. The minimum absolute atomic E-state index is 0.0158. The van der Waals surface area contributed by atoms with Crippen molar-refractivity contribution in [3.8, 4) is 17.2 Å². The first-order valence-corrected chi connectivity index (χ1v) is 12.4. The first kappa shape index (κ1) is 27.8. The van der Waals surface area contributed by atoms with Crippen molar-refractivity contribution >= 4 is 39.8 Å². The minimum Gasteiger partial charge on any atom is -0.490 e. The lowest BCUT2D eigenvalue weighted by atomic mass is 10.1. The van der Waals surface area contributed by atoms with Gasteiger partial charge in [-0.2, -0.15) is 0 Å². The molecule has 0 aliphatic carbocycles. The number of amides is 1. The summed E-state index contributed by atoms with van der Waals surface area (Å²) in [7, 11) is 1.28. The topological polar surface area (TPSA) is 134 Å². The third-order valence-electron chi connectivity index (χ3n) is 5.94. The summed E-state index contributed by atoms with van der Waals surface area (Å²) in [5.41, 5.74) is 0.240. The van der Waals surface area contributed by atoms with Gasteiger partial charge in [0.1, 0.15) is 11.5 Å². The fourth-order valence-corrected chi connectivity index (χ4v) is 3.90. The van der Waals surface area contributed by atoms with Crippen LogP contribution in [0.4, 0.5) is 11.4 Å². The number of rotatable bonds is 12. The molecule has 0 fully saturated rings. The zero-order valence-electron chi connectivity index (χ0n) is 21.6. The van der Waals surface area contributed by atoms with Gasteiger partial charge in [0.15, 0.2) is 12.4 Å². The number of ether oxygens (including phenoxy) is 3. The monoisotopic (exact) mass is 542 g/mol. The van der Waals surface area contributed by atoms with E-state index in [4.69, 9.17) is 14.2 Å². The number of carbonyl (C=O) groups is 3. The number of nitrogens with zero attached hydrogens (tertiary/aromatic N) is 1. The minimum atomic E-state index is -0.666. The van der Waals surface area contributed by atoms with Crippen molar-refractivity contribution < 1.29 is 33.5 Å². The average molecular weight is 543 g/mol. The third-order valence-corrected chi connectivity index (χ3v) is 5.94. The van der Waals surface area contributed by atoms with Crippen molar-refractivity contribution in [1.29, 1.82) is 0 Å². The Bertz CT molecular complexity index is 1550. The molecule has 1 N–H and O–H groups in total. The number of hydrogen-bond acceptors (Lipinski definition) is 8. The summed E-state index contributed by atoms with van der Waals surface area (Å²) in [5.74, 6) is -0.187. The molecule has 4 rings (SSSR count). The molecule has 0 aliphatic rings. The van der Waals surface area contributed by atoms with Gasteiger partial charge < -0.3 is 19.5 Å². The van der Waals surface area contributed by atoms with Crippen molar-refractivity contribution in [2.45, 2.75) is 19.3 Å². The Morgan fingerprint density at radius 3 is 2.30 bits per heavy atom. The van der Waals surface area contributed by atoms with E-state index in [9.17, 15) is 24.5 Å². The van der Waals surface area contributed by atoms with Gasteiger partial charge in [-0.1, -0.05) is 30.3 Å². The van der Waals surface area contributed by atoms with Gasteiger partial charge in [0, 0.05) is 30.2 Å². The first-order valence-electron chi connectivity index (χ1n) is 12.4. The van der Waals surface area contributed by atoms with Crippen LogP contribution in [-0.2, 0) is 14.3 Å². The number of benzene rings is 4. The maximum atomic E-state index is 12.3. The molecular weight excluding hydrogens is 516 g/mol. The molecule has 0 saturated heterocycles. The van der Waals surface area contributed by atoms with E-state index < -0.39 is 23.3 Å². The number of esters is 1. The summed E-state index contributed by atoms with van der Waals surface area (Å²) >= 11 is 0. The lowest BCUT2D eigenvalue weighted by Gasteiger charge is -2.09. The number of ketones is 1. The summed E-state index contributed by atoms with van der Waals surface area (Å²) in [5, 5.41) is 16.1. The van der Waals surface area contributed by atoms with Gasteiger partial charge in [-0.05, 0) is 65.7 Å². The summed E-state index contributed by atoms with van der Waals surface area (Å²) in [6.07, 6.45) is 0.223. The average Bonchev–Trinajstić information content (AvgIpc) is 2.96. The lowest BCUT2D eigenvalue weighted by Crippen LogP contribution is -2.15. The number of nitro benzene ring substituents is 1. The molecule has 0 heterocycles. The van der Waals surface area contributed by atoms with Crippen LogP contribution >= 0.6 is 0 Å². The molecule has 0 aromatic heterocycles.